The van der Waals surface area contributed by atoms with Crippen LogP contribution in [0.1, 0.15) is 54.9 Å². The molecule has 0 saturated carbocycles. The van der Waals surface area contributed by atoms with Crippen molar-refractivity contribution >= 4 is 0 Å². The molecular formula is C18H41FN2O. The van der Waals surface area contributed by atoms with Gasteiger partial charge in [0, 0.05) is 32.7 Å². The lowest BCUT2D eigenvalue weighted by atomic mass is 10.2. The van der Waals surface area contributed by atoms with E-state index in [-0.39, 0.29) is 0 Å². The van der Waals surface area contributed by atoms with Gasteiger partial charge in [0.2, 0.25) is 0 Å². The van der Waals surface area contributed by atoms with Gasteiger partial charge in [-0.3, -0.25) is 4.90 Å². The van der Waals surface area contributed by atoms with Crippen LogP contribution in [0.15, 0.2) is 0 Å². The van der Waals surface area contributed by atoms with Crippen molar-refractivity contribution in [3.05, 3.63) is 0 Å². The molecule has 0 N–H and O–H groups in total. The van der Waals surface area contributed by atoms with Crippen LogP contribution in [0.5, 0.6) is 0 Å². The first kappa shape index (κ1) is 24.1. The molecule has 1 unspecified atom stereocenters. The largest absolute Gasteiger partial charge is 0.379 e. The second kappa shape index (κ2) is 17.2. The Morgan fingerprint density at radius 3 is 1.86 bits per heavy atom. The number of hydrogen-bond acceptors (Lipinski definition) is 3. The summed E-state index contributed by atoms with van der Waals surface area (Å²) in [5, 5.41) is 0. The number of ether oxygens (including phenoxy) is 1. The van der Waals surface area contributed by atoms with E-state index in [0.717, 1.165) is 51.7 Å². The van der Waals surface area contributed by atoms with Crippen LogP contribution in [0.4, 0.5) is 4.39 Å². The molecule has 0 aromatic carbocycles. The highest BCUT2D eigenvalue weighted by molar-refractivity contribution is 4.72. The quantitative estimate of drug-likeness (QED) is 0.779. The smallest absolute Gasteiger partial charge is 0.114 e. The molecule has 2 aliphatic heterocycles. The molecule has 1 atom stereocenters. The van der Waals surface area contributed by atoms with E-state index in [9.17, 15) is 4.39 Å². The van der Waals surface area contributed by atoms with E-state index in [0.29, 0.717) is 6.54 Å². The Balaban J connectivity index is 0. The Morgan fingerprint density at radius 1 is 1.00 bits per heavy atom. The van der Waals surface area contributed by atoms with Gasteiger partial charge in [0.25, 0.3) is 0 Å². The third kappa shape index (κ3) is 13.5. The molecule has 0 aromatic rings. The van der Waals surface area contributed by atoms with Gasteiger partial charge in [-0.05, 0) is 18.9 Å². The Labute approximate surface area is 139 Å². The predicted octanol–water partition coefficient (Wildman–Crippen LogP) is 4.08. The summed E-state index contributed by atoms with van der Waals surface area (Å²) in [6.07, 6.45) is 0.198. The summed E-state index contributed by atoms with van der Waals surface area (Å²) in [4.78, 5) is 4.60. The molecule has 0 amide bonds. The lowest BCUT2D eigenvalue weighted by molar-refractivity contribution is 0.0329. The standard InChI is InChI=1S/C8H17NO.C6H12FN.2C2H6/c1-8(2)7-9-3-5-10-6-4-9;1-2-8-4-3-6(7)5-8;2*1-2/h8H,3-7H2,1-2H3;6H,2-5H2,1H3;2*1-2H3. The summed E-state index contributed by atoms with van der Waals surface area (Å²) < 4.78 is 17.6. The topological polar surface area (TPSA) is 15.7 Å². The van der Waals surface area contributed by atoms with Crippen LogP contribution in [0.2, 0.25) is 0 Å². The van der Waals surface area contributed by atoms with Gasteiger partial charge in [-0.1, -0.05) is 48.5 Å². The van der Waals surface area contributed by atoms with Gasteiger partial charge in [0.15, 0.2) is 0 Å². The molecule has 136 valence electrons. The van der Waals surface area contributed by atoms with Gasteiger partial charge in [0.05, 0.1) is 13.2 Å². The SMILES string of the molecule is CC.CC.CC(C)CN1CCOCC1.CCN1CCC(F)C1. The van der Waals surface area contributed by atoms with Crippen molar-refractivity contribution in [1.82, 2.24) is 9.80 Å². The summed E-state index contributed by atoms with van der Waals surface area (Å²) in [5.74, 6) is 0.790. The summed E-state index contributed by atoms with van der Waals surface area (Å²) in [6.45, 7) is 22.5. The van der Waals surface area contributed by atoms with Crippen LogP contribution >= 0.6 is 0 Å². The number of halogens is 1. The van der Waals surface area contributed by atoms with Crippen molar-refractivity contribution < 1.29 is 9.13 Å². The highest BCUT2D eigenvalue weighted by Gasteiger charge is 2.19. The molecule has 3 nitrogen and oxygen atoms in total. The van der Waals surface area contributed by atoms with E-state index >= 15 is 0 Å². The number of nitrogens with zero attached hydrogens (tertiary/aromatic N) is 2. The highest BCUT2D eigenvalue weighted by Crippen LogP contribution is 2.10. The minimum atomic E-state index is -0.546. The van der Waals surface area contributed by atoms with Crippen LogP contribution in [0.3, 0.4) is 0 Å². The fourth-order valence-electron chi connectivity index (χ4n) is 2.37. The first-order chi connectivity index (χ1) is 10.6. The lowest BCUT2D eigenvalue weighted by Gasteiger charge is -2.27. The predicted molar refractivity (Wildman–Crippen MR) is 96.4 cm³/mol. The zero-order chi connectivity index (χ0) is 17.4. The summed E-state index contributed by atoms with van der Waals surface area (Å²) >= 11 is 0. The molecule has 0 aliphatic carbocycles. The average Bonchev–Trinajstić information content (AvgIpc) is 2.98. The van der Waals surface area contributed by atoms with E-state index in [2.05, 4.69) is 30.6 Å². The number of alkyl halides is 1. The van der Waals surface area contributed by atoms with Crippen LogP contribution in [0, 0.1) is 5.92 Å². The molecule has 0 spiro atoms. The monoisotopic (exact) mass is 320 g/mol. The van der Waals surface area contributed by atoms with Gasteiger partial charge < -0.3 is 9.64 Å². The van der Waals surface area contributed by atoms with E-state index in [1.165, 1.54) is 6.54 Å². The van der Waals surface area contributed by atoms with Crippen LogP contribution in [0.25, 0.3) is 0 Å². The Kier molecular flexibility index (Phi) is 18.8. The van der Waals surface area contributed by atoms with Crippen LogP contribution in [-0.4, -0.2) is 68.5 Å². The second-order valence-electron chi connectivity index (χ2n) is 5.59. The number of hydrogen-bond donors (Lipinski definition) is 0. The maximum absolute atomic E-state index is 12.3. The van der Waals surface area contributed by atoms with Gasteiger partial charge in [-0.15, -0.1) is 0 Å². The summed E-state index contributed by atoms with van der Waals surface area (Å²) in [7, 11) is 0. The molecule has 4 heteroatoms. The van der Waals surface area contributed by atoms with Crippen molar-refractivity contribution in [2.45, 2.75) is 61.1 Å². The van der Waals surface area contributed by atoms with Crippen molar-refractivity contribution in [3.63, 3.8) is 0 Å². The molecule has 2 fully saturated rings. The fraction of sp³-hybridized carbons (Fsp3) is 1.00. The summed E-state index contributed by atoms with van der Waals surface area (Å²) in [6, 6.07) is 0. The molecule has 2 rings (SSSR count). The summed E-state index contributed by atoms with van der Waals surface area (Å²) in [5.41, 5.74) is 0. The van der Waals surface area contributed by atoms with Crippen molar-refractivity contribution in [1.29, 1.82) is 0 Å². The van der Waals surface area contributed by atoms with E-state index in [1.807, 2.05) is 27.7 Å². The molecule has 0 bridgehead atoms. The van der Waals surface area contributed by atoms with Crippen LogP contribution < -0.4 is 0 Å². The lowest BCUT2D eigenvalue weighted by Crippen LogP contribution is -2.38. The van der Waals surface area contributed by atoms with Gasteiger partial charge >= 0.3 is 0 Å². The zero-order valence-corrected chi connectivity index (χ0v) is 16.2. The molecular weight excluding hydrogens is 279 g/mol. The maximum atomic E-state index is 12.3. The Bertz CT molecular complexity index is 209. The first-order valence-corrected chi connectivity index (χ1v) is 9.28. The van der Waals surface area contributed by atoms with E-state index in [1.54, 1.807) is 0 Å². The van der Waals surface area contributed by atoms with Crippen molar-refractivity contribution in [2.24, 2.45) is 5.92 Å². The van der Waals surface area contributed by atoms with Gasteiger partial charge in [-0.25, -0.2) is 4.39 Å². The van der Waals surface area contributed by atoms with Crippen LogP contribution in [-0.2, 0) is 4.74 Å². The Hall–Kier alpha value is -0.190. The average molecular weight is 321 g/mol. The second-order valence-corrected chi connectivity index (χ2v) is 5.59. The number of likely N-dealkylation sites (tertiary alicyclic amines) is 1. The molecule has 2 heterocycles. The third-order valence-electron chi connectivity index (χ3n) is 3.39. The molecule has 22 heavy (non-hydrogen) atoms. The zero-order valence-electron chi connectivity index (χ0n) is 16.2. The minimum absolute atomic E-state index is 0.546. The molecule has 0 aromatic heterocycles. The van der Waals surface area contributed by atoms with Crippen molar-refractivity contribution in [2.75, 3.05) is 52.5 Å². The molecule has 2 saturated heterocycles. The van der Waals surface area contributed by atoms with Crippen molar-refractivity contribution in [3.8, 4) is 0 Å². The Morgan fingerprint density at radius 2 is 1.55 bits per heavy atom. The highest BCUT2D eigenvalue weighted by atomic mass is 19.1. The first-order valence-electron chi connectivity index (χ1n) is 9.28. The number of morpholine rings is 1. The van der Waals surface area contributed by atoms with E-state index in [4.69, 9.17) is 4.74 Å². The third-order valence-corrected chi connectivity index (χ3v) is 3.39. The normalized spacial score (nSPS) is 22.0. The molecule has 0 radical (unpaired) electrons. The molecule has 2 aliphatic rings. The maximum Gasteiger partial charge on any atom is 0.114 e. The van der Waals surface area contributed by atoms with Gasteiger partial charge in [-0.2, -0.15) is 0 Å². The van der Waals surface area contributed by atoms with Gasteiger partial charge in [0.1, 0.15) is 6.17 Å². The fourth-order valence-corrected chi connectivity index (χ4v) is 2.37. The van der Waals surface area contributed by atoms with E-state index < -0.39 is 6.17 Å². The number of rotatable bonds is 3. The minimum Gasteiger partial charge on any atom is -0.379 e.